The molecule has 0 heterocycles. The molecule has 1 heteroatoms. The van der Waals surface area contributed by atoms with Gasteiger partial charge >= 0.3 is 0 Å². The summed E-state index contributed by atoms with van der Waals surface area (Å²) in [7, 11) is 0. The summed E-state index contributed by atoms with van der Waals surface area (Å²) < 4.78 is 0. The Bertz CT molecular complexity index is 587. The Labute approximate surface area is 126 Å². The highest BCUT2D eigenvalue weighted by atomic mass is 35.5. The molecule has 0 aromatic heterocycles. The predicted octanol–water partition coefficient (Wildman–Crippen LogP) is 6.28. The maximum absolute atomic E-state index is 6.11. The van der Waals surface area contributed by atoms with E-state index in [4.69, 9.17) is 11.6 Å². The van der Waals surface area contributed by atoms with Crippen molar-refractivity contribution in [1.82, 2.24) is 0 Å². The van der Waals surface area contributed by atoms with Crippen molar-refractivity contribution in [1.29, 1.82) is 0 Å². The third kappa shape index (κ3) is 4.42. The van der Waals surface area contributed by atoms with Gasteiger partial charge < -0.3 is 0 Å². The summed E-state index contributed by atoms with van der Waals surface area (Å²) in [5, 5.41) is 0.805. The van der Waals surface area contributed by atoms with E-state index in [0.29, 0.717) is 0 Å². The highest BCUT2D eigenvalue weighted by molar-refractivity contribution is 6.29. The first-order valence-corrected chi connectivity index (χ1v) is 7.44. The van der Waals surface area contributed by atoms with Crippen molar-refractivity contribution in [3.63, 3.8) is 0 Å². The zero-order chi connectivity index (χ0) is 14.2. The molecule has 0 bridgehead atoms. The Kier molecular flexibility index (Phi) is 5.68. The zero-order valence-electron chi connectivity index (χ0n) is 11.8. The van der Waals surface area contributed by atoms with Crippen LogP contribution in [0.4, 0.5) is 0 Å². The van der Waals surface area contributed by atoms with Gasteiger partial charge in [0.15, 0.2) is 0 Å². The van der Waals surface area contributed by atoms with E-state index in [1.54, 1.807) is 0 Å². The Hall–Kier alpha value is -1.75. The van der Waals surface area contributed by atoms with Crippen LogP contribution in [-0.2, 0) is 0 Å². The Morgan fingerprint density at radius 1 is 1.00 bits per heavy atom. The molecule has 0 N–H and O–H groups in total. The van der Waals surface area contributed by atoms with E-state index in [1.165, 1.54) is 11.1 Å². The van der Waals surface area contributed by atoms with Crippen molar-refractivity contribution in [3.8, 4) is 11.1 Å². The molecule has 2 aromatic rings. The van der Waals surface area contributed by atoms with E-state index in [2.05, 4.69) is 61.2 Å². The van der Waals surface area contributed by atoms with Crippen molar-refractivity contribution < 1.29 is 0 Å². The third-order valence-corrected chi connectivity index (χ3v) is 3.46. The maximum Gasteiger partial charge on any atom is 0.0597 e. The minimum atomic E-state index is 0.805. The molecule has 0 radical (unpaired) electrons. The van der Waals surface area contributed by atoms with E-state index >= 15 is 0 Å². The lowest BCUT2D eigenvalue weighted by Gasteiger charge is -2.01. The molecule has 2 rings (SSSR count). The molecule has 0 fully saturated rings. The Morgan fingerprint density at radius 3 is 2.30 bits per heavy atom. The second kappa shape index (κ2) is 7.75. The van der Waals surface area contributed by atoms with Crippen LogP contribution in [0.2, 0.25) is 0 Å². The minimum absolute atomic E-state index is 0.805. The van der Waals surface area contributed by atoms with Gasteiger partial charge in [0.1, 0.15) is 0 Å². The summed E-state index contributed by atoms with van der Waals surface area (Å²) in [6.07, 6.45) is 5.14. The van der Waals surface area contributed by atoms with E-state index in [1.807, 2.05) is 12.1 Å². The van der Waals surface area contributed by atoms with Gasteiger partial charge in [-0.15, -0.1) is 5.73 Å². The van der Waals surface area contributed by atoms with Gasteiger partial charge in [-0.1, -0.05) is 79.5 Å². The molecule has 0 saturated carbocycles. The van der Waals surface area contributed by atoms with Crippen LogP contribution in [0, 0.1) is 0 Å². The third-order valence-electron chi connectivity index (χ3n) is 3.16. The van der Waals surface area contributed by atoms with Gasteiger partial charge in [-0.05, 0) is 35.6 Å². The molecule has 0 aliphatic heterocycles. The number of benzene rings is 2. The van der Waals surface area contributed by atoms with Gasteiger partial charge in [0.2, 0.25) is 0 Å². The molecule has 0 spiro atoms. The SMILES string of the molecule is CCCCC(Cl)=C=Cc1ccc(-c2ccccc2)cc1. The standard InChI is InChI=1S/C19H19Cl/c1-2-3-9-19(20)15-12-16-10-13-18(14-11-16)17-7-5-4-6-8-17/h4-8,10-14H,2-3,9H2,1H3. The summed E-state index contributed by atoms with van der Waals surface area (Å²) in [6, 6.07) is 18.8. The number of hydrogen-bond acceptors (Lipinski definition) is 0. The monoisotopic (exact) mass is 282 g/mol. The number of unbranched alkanes of at least 4 members (excludes halogenated alkanes) is 1. The lowest BCUT2D eigenvalue weighted by atomic mass is 10.0. The van der Waals surface area contributed by atoms with Crippen LogP contribution in [0.15, 0.2) is 65.4 Å². The minimum Gasteiger partial charge on any atom is -0.104 e. The predicted molar refractivity (Wildman–Crippen MR) is 88.7 cm³/mol. The fourth-order valence-corrected chi connectivity index (χ4v) is 2.16. The summed E-state index contributed by atoms with van der Waals surface area (Å²) in [5.74, 6) is 0. The first kappa shape index (κ1) is 14.7. The molecule has 0 saturated heterocycles. The highest BCUT2D eigenvalue weighted by Gasteiger charge is 1.95. The second-order valence-corrected chi connectivity index (χ2v) is 5.24. The molecule has 0 atom stereocenters. The van der Waals surface area contributed by atoms with E-state index < -0.39 is 0 Å². The van der Waals surface area contributed by atoms with Crippen LogP contribution in [0.25, 0.3) is 17.2 Å². The van der Waals surface area contributed by atoms with Gasteiger partial charge in [-0.3, -0.25) is 0 Å². The molecule has 2 aromatic carbocycles. The molecule has 0 unspecified atom stereocenters. The van der Waals surface area contributed by atoms with Gasteiger partial charge in [-0.2, -0.15) is 0 Å². The first-order chi connectivity index (χ1) is 9.79. The lowest BCUT2D eigenvalue weighted by Crippen LogP contribution is -1.77. The van der Waals surface area contributed by atoms with Crippen molar-refractivity contribution >= 4 is 17.7 Å². The Balaban J connectivity index is 2.11. The fourth-order valence-electron chi connectivity index (χ4n) is 1.97. The van der Waals surface area contributed by atoms with Crippen molar-refractivity contribution in [2.75, 3.05) is 0 Å². The number of hydrogen-bond donors (Lipinski definition) is 0. The van der Waals surface area contributed by atoms with Gasteiger partial charge in [0.25, 0.3) is 0 Å². The van der Waals surface area contributed by atoms with Gasteiger partial charge in [-0.25, -0.2) is 0 Å². The topological polar surface area (TPSA) is 0 Å². The van der Waals surface area contributed by atoms with Crippen LogP contribution in [0.3, 0.4) is 0 Å². The first-order valence-electron chi connectivity index (χ1n) is 7.06. The molecular formula is C19H19Cl. The van der Waals surface area contributed by atoms with Crippen molar-refractivity contribution in [3.05, 3.63) is 70.9 Å². The Morgan fingerprint density at radius 2 is 1.65 bits per heavy atom. The number of allylic oxidation sites excluding steroid dienone is 1. The molecule has 20 heavy (non-hydrogen) atoms. The normalized spacial score (nSPS) is 9.90. The summed E-state index contributed by atoms with van der Waals surface area (Å²) in [5.41, 5.74) is 6.74. The number of halogens is 1. The summed E-state index contributed by atoms with van der Waals surface area (Å²) in [4.78, 5) is 0. The average molecular weight is 283 g/mol. The molecule has 0 nitrogen and oxygen atoms in total. The summed E-state index contributed by atoms with van der Waals surface area (Å²) in [6.45, 7) is 2.16. The maximum atomic E-state index is 6.11. The highest BCUT2D eigenvalue weighted by Crippen LogP contribution is 2.19. The van der Waals surface area contributed by atoms with Gasteiger partial charge in [0.05, 0.1) is 5.03 Å². The quantitative estimate of drug-likeness (QED) is 0.566. The van der Waals surface area contributed by atoms with Crippen molar-refractivity contribution in [2.24, 2.45) is 0 Å². The smallest absolute Gasteiger partial charge is 0.0597 e. The van der Waals surface area contributed by atoms with Crippen LogP contribution in [-0.4, -0.2) is 0 Å². The second-order valence-electron chi connectivity index (χ2n) is 4.79. The van der Waals surface area contributed by atoms with Crippen LogP contribution in [0.1, 0.15) is 31.7 Å². The largest absolute Gasteiger partial charge is 0.104 e. The van der Waals surface area contributed by atoms with Crippen LogP contribution >= 0.6 is 11.6 Å². The molecular weight excluding hydrogens is 264 g/mol. The van der Waals surface area contributed by atoms with E-state index in [-0.39, 0.29) is 0 Å². The molecule has 0 aliphatic rings. The average Bonchev–Trinajstić information content (AvgIpc) is 2.52. The fraction of sp³-hybridized carbons (Fsp3) is 0.211. The van der Waals surface area contributed by atoms with E-state index in [9.17, 15) is 0 Å². The number of rotatable bonds is 5. The molecule has 102 valence electrons. The van der Waals surface area contributed by atoms with Gasteiger partial charge in [0, 0.05) is 0 Å². The molecule has 0 amide bonds. The summed E-state index contributed by atoms with van der Waals surface area (Å²) >= 11 is 6.11. The molecule has 0 aliphatic carbocycles. The van der Waals surface area contributed by atoms with Crippen LogP contribution < -0.4 is 0 Å². The van der Waals surface area contributed by atoms with E-state index in [0.717, 1.165) is 29.9 Å². The lowest BCUT2D eigenvalue weighted by molar-refractivity contribution is 0.808. The van der Waals surface area contributed by atoms with Crippen molar-refractivity contribution in [2.45, 2.75) is 26.2 Å². The zero-order valence-corrected chi connectivity index (χ0v) is 12.5. The van der Waals surface area contributed by atoms with Crippen LogP contribution in [0.5, 0.6) is 0 Å².